The van der Waals surface area contributed by atoms with Crippen LogP contribution < -0.4 is 10.1 Å². The minimum Gasteiger partial charge on any atom is -0.484 e. The number of hydrogen-bond acceptors (Lipinski definition) is 3. The molecular formula is C14H19ClFNO3. The Kier molecular flexibility index (Phi) is 6.75. The summed E-state index contributed by atoms with van der Waals surface area (Å²) in [5.41, 5.74) is 0. The van der Waals surface area contributed by atoms with E-state index in [1.54, 1.807) is 0 Å². The Bertz CT molecular complexity index is 454. The molecule has 4 nitrogen and oxygen atoms in total. The second kappa shape index (κ2) is 8.07. The van der Waals surface area contributed by atoms with E-state index in [-0.39, 0.29) is 30.2 Å². The number of rotatable bonds is 7. The maximum Gasteiger partial charge on any atom is 0.258 e. The van der Waals surface area contributed by atoms with Crippen molar-refractivity contribution in [3.8, 4) is 5.75 Å². The molecule has 0 fully saturated rings. The van der Waals surface area contributed by atoms with Gasteiger partial charge in [-0.1, -0.05) is 25.4 Å². The van der Waals surface area contributed by atoms with Crippen molar-refractivity contribution in [2.45, 2.75) is 26.3 Å². The lowest BCUT2D eigenvalue weighted by atomic mass is 10.0. The van der Waals surface area contributed by atoms with Crippen molar-refractivity contribution in [3.05, 3.63) is 29.0 Å². The van der Waals surface area contributed by atoms with Crippen molar-refractivity contribution in [2.75, 3.05) is 13.2 Å². The van der Waals surface area contributed by atoms with Crippen LogP contribution in [0.1, 0.15) is 20.3 Å². The van der Waals surface area contributed by atoms with E-state index in [2.05, 4.69) is 5.32 Å². The molecule has 0 aliphatic heterocycles. The van der Waals surface area contributed by atoms with Crippen molar-refractivity contribution in [3.63, 3.8) is 0 Å². The van der Waals surface area contributed by atoms with E-state index in [4.69, 9.17) is 21.4 Å². The van der Waals surface area contributed by atoms with Gasteiger partial charge in [0.25, 0.3) is 5.91 Å². The summed E-state index contributed by atoms with van der Waals surface area (Å²) in [6.07, 6.45) is 0.685. The predicted octanol–water partition coefficient (Wildman–Crippen LogP) is 2.38. The second-order valence-electron chi connectivity index (χ2n) is 4.94. The highest BCUT2D eigenvalue weighted by Gasteiger charge is 2.13. The Morgan fingerprint density at radius 3 is 2.75 bits per heavy atom. The average molecular weight is 304 g/mol. The number of carbonyl (C=O) groups excluding carboxylic acids is 1. The van der Waals surface area contributed by atoms with Gasteiger partial charge in [0.15, 0.2) is 6.61 Å². The smallest absolute Gasteiger partial charge is 0.258 e. The average Bonchev–Trinajstić information content (AvgIpc) is 2.39. The van der Waals surface area contributed by atoms with Gasteiger partial charge >= 0.3 is 0 Å². The molecule has 0 aliphatic carbocycles. The molecule has 6 heteroatoms. The van der Waals surface area contributed by atoms with Gasteiger partial charge in [-0.2, -0.15) is 0 Å². The maximum atomic E-state index is 12.9. The van der Waals surface area contributed by atoms with Crippen LogP contribution in [-0.4, -0.2) is 30.3 Å². The highest BCUT2D eigenvalue weighted by Crippen LogP contribution is 2.20. The van der Waals surface area contributed by atoms with Gasteiger partial charge in [-0.05, 0) is 24.5 Å². The van der Waals surface area contributed by atoms with Gasteiger partial charge in [0, 0.05) is 6.07 Å². The lowest BCUT2D eigenvalue weighted by Gasteiger charge is -2.18. The van der Waals surface area contributed by atoms with Crippen molar-refractivity contribution in [1.82, 2.24) is 5.32 Å². The molecule has 1 aromatic rings. The Hall–Kier alpha value is -1.33. The van der Waals surface area contributed by atoms with Gasteiger partial charge in [0.05, 0.1) is 17.7 Å². The summed E-state index contributed by atoms with van der Waals surface area (Å²) in [5, 5.41) is 11.8. The molecule has 1 aromatic carbocycles. The summed E-state index contributed by atoms with van der Waals surface area (Å²) in [6, 6.07) is 3.58. The van der Waals surface area contributed by atoms with Gasteiger partial charge in [0.1, 0.15) is 11.6 Å². The Morgan fingerprint density at radius 1 is 1.50 bits per heavy atom. The summed E-state index contributed by atoms with van der Waals surface area (Å²) in [6.45, 7) is 3.68. The molecule has 112 valence electrons. The largest absolute Gasteiger partial charge is 0.484 e. The second-order valence-corrected chi connectivity index (χ2v) is 5.35. The fraction of sp³-hybridized carbons (Fsp3) is 0.500. The zero-order valence-corrected chi connectivity index (χ0v) is 12.3. The first-order chi connectivity index (χ1) is 9.42. The van der Waals surface area contributed by atoms with Crippen LogP contribution in [0.4, 0.5) is 4.39 Å². The lowest BCUT2D eigenvalue weighted by Crippen LogP contribution is -2.40. The first-order valence-corrected chi connectivity index (χ1v) is 6.78. The molecule has 1 rings (SSSR count). The Labute approximate surface area is 122 Å². The number of benzene rings is 1. The number of hydrogen-bond donors (Lipinski definition) is 2. The standard InChI is InChI=1S/C14H19ClFNO3/c1-9(2)5-10(7-18)17-14(19)8-20-11-3-4-13(16)12(15)6-11/h3-4,6,9-10,18H,5,7-8H2,1-2H3,(H,17,19). The molecule has 1 unspecified atom stereocenters. The minimum atomic E-state index is -0.541. The van der Waals surface area contributed by atoms with Crippen LogP contribution in [-0.2, 0) is 4.79 Å². The van der Waals surface area contributed by atoms with Crippen LogP contribution in [0.15, 0.2) is 18.2 Å². The molecule has 0 radical (unpaired) electrons. The molecule has 0 saturated carbocycles. The van der Waals surface area contributed by atoms with Crippen LogP contribution in [0.2, 0.25) is 5.02 Å². The van der Waals surface area contributed by atoms with Crippen LogP contribution >= 0.6 is 11.6 Å². The Balaban J connectivity index is 2.44. The predicted molar refractivity (Wildman–Crippen MR) is 75.4 cm³/mol. The third kappa shape index (κ3) is 5.75. The van der Waals surface area contributed by atoms with Gasteiger partial charge in [-0.25, -0.2) is 4.39 Å². The van der Waals surface area contributed by atoms with E-state index >= 15 is 0 Å². The third-order valence-electron chi connectivity index (χ3n) is 2.60. The first-order valence-electron chi connectivity index (χ1n) is 6.40. The van der Waals surface area contributed by atoms with E-state index < -0.39 is 5.82 Å². The van der Waals surface area contributed by atoms with Crippen LogP contribution in [0, 0.1) is 11.7 Å². The van der Waals surface area contributed by atoms with Gasteiger partial charge in [-0.3, -0.25) is 4.79 Å². The zero-order valence-electron chi connectivity index (χ0n) is 11.5. The molecule has 0 aromatic heterocycles. The van der Waals surface area contributed by atoms with Crippen LogP contribution in [0.3, 0.4) is 0 Å². The van der Waals surface area contributed by atoms with E-state index in [0.717, 1.165) is 0 Å². The number of aliphatic hydroxyl groups excluding tert-OH is 1. The summed E-state index contributed by atoms with van der Waals surface area (Å²) >= 11 is 5.60. The van der Waals surface area contributed by atoms with Gasteiger partial charge < -0.3 is 15.2 Å². The van der Waals surface area contributed by atoms with Gasteiger partial charge in [-0.15, -0.1) is 0 Å². The van der Waals surface area contributed by atoms with Gasteiger partial charge in [0.2, 0.25) is 0 Å². The molecular weight excluding hydrogens is 285 g/mol. The first kappa shape index (κ1) is 16.7. The molecule has 0 bridgehead atoms. The fourth-order valence-corrected chi connectivity index (χ4v) is 1.90. The minimum absolute atomic E-state index is 0.0593. The lowest BCUT2D eigenvalue weighted by molar-refractivity contribution is -0.124. The molecule has 1 amide bonds. The van der Waals surface area contributed by atoms with E-state index in [1.165, 1.54) is 18.2 Å². The van der Waals surface area contributed by atoms with Crippen molar-refractivity contribution < 1.29 is 19.0 Å². The highest BCUT2D eigenvalue weighted by molar-refractivity contribution is 6.30. The molecule has 0 saturated heterocycles. The maximum absolute atomic E-state index is 12.9. The molecule has 0 aliphatic rings. The van der Waals surface area contributed by atoms with Crippen molar-refractivity contribution >= 4 is 17.5 Å². The number of amides is 1. The molecule has 0 heterocycles. The van der Waals surface area contributed by atoms with E-state index in [9.17, 15) is 9.18 Å². The Morgan fingerprint density at radius 2 is 2.20 bits per heavy atom. The molecule has 20 heavy (non-hydrogen) atoms. The number of carbonyl (C=O) groups is 1. The quantitative estimate of drug-likeness (QED) is 0.813. The van der Waals surface area contributed by atoms with Crippen molar-refractivity contribution in [2.24, 2.45) is 5.92 Å². The summed E-state index contributed by atoms with van der Waals surface area (Å²) in [7, 11) is 0. The molecule has 1 atom stereocenters. The van der Waals surface area contributed by atoms with E-state index in [1.807, 2.05) is 13.8 Å². The zero-order chi connectivity index (χ0) is 15.1. The number of ether oxygens (including phenoxy) is 1. The molecule has 0 spiro atoms. The number of aliphatic hydroxyl groups is 1. The fourth-order valence-electron chi connectivity index (χ4n) is 1.73. The number of nitrogens with one attached hydrogen (secondary N) is 1. The summed E-state index contributed by atoms with van der Waals surface area (Å²) in [5.74, 6) is -0.203. The normalized spacial score (nSPS) is 12.3. The topological polar surface area (TPSA) is 58.6 Å². The summed E-state index contributed by atoms with van der Waals surface area (Å²) < 4.78 is 18.2. The van der Waals surface area contributed by atoms with E-state index in [0.29, 0.717) is 18.1 Å². The van der Waals surface area contributed by atoms with Crippen molar-refractivity contribution in [1.29, 1.82) is 0 Å². The monoisotopic (exact) mass is 303 g/mol. The van der Waals surface area contributed by atoms with Crippen LogP contribution in [0.25, 0.3) is 0 Å². The number of halogens is 2. The SMILES string of the molecule is CC(C)CC(CO)NC(=O)COc1ccc(F)c(Cl)c1. The third-order valence-corrected chi connectivity index (χ3v) is 2.89. The highest BCUT2D eigenvalue weighted by atomic mass is 35.5. The molecule has 2 N–H and O–H groups in total. The summed E-state index contributed by atoms with van der Waals surface area (Å²) in [4.78, 5) is 11.7. The van der Waals surface area contributed by atoms with Crippen LogP contribution in [0.5, 0.6) is 5.75 Å².